The van der Waals surface area contributed by atoms with Gasteiger partial charge in [0.15, 0.2) is 0 Å². The zero-order valence-electron chi connectivity index (χ0n) is 10.1. The van der Waals surface area contributed by atoms with Crippen LogP contribution >= 0.6 is 15.9 Å². The number of aromatic hydroxyl groups is 1. The molecule has 1 saturated heterocycles. The highest BCUT2D eigenvalue weighted by Crippen LogP contribution is 2.33. The lowest BCUT2D eigenvalue weighted by atomic mass is 10.0. The van der Waals surface area contributed by atoms with Crippen LogP contribution in [0.3, 0.4) is 0 Å². The van der Waals surface area contributed by atoms with Crippen molar-refractivity contribution in [1.29, 1.82) is 0 Å². The molecule has 1 aliphatic rings. The van der Waals surface area contributed by atoms with E-state index in [9.17, 15) is 5.11 Å². The third kappa shape index (κ3) is 3.00. The van der Waals surface area contributed by atoms with E-state index >= 15 is 0 Å². The molecule has 1 aromatic rings. The average Bonchev–Trinajstić information content (AvgIpc) is 2.36. The minimum absolute atomic E-state index is 0.314. The average molecular weight is 299 g/mol. The lowest BCUT2D eigenvalue weighted by Crippen LogP contribution is -2.45. The number of halogens is 1. The van der Waals surface area contributed by atoms with Gasteiger partial charge in [-0.2, -0.15) is 0 Å². The van der Waals surface area contributed by atoms with Crippen molar-refractivity contribution in [3.8, 4) is 5.75 Å². The minimum Gasteiger partial charge on any atom is -0.508 e. The van der Waals surface area contributed by atoms with Crippen LogP contribution in [0.15, 0.2) is 22.7 Å². The predicted octanol–water partition coefficient (Wildman–Crippen LogP) is 2.51. The van der Waals surface area contributed by atoms with E-state index in [1.54, 1.807) is 6.07 Å². The number of benzene rings is 1. The number of hydrogen-bond acceptors (Lipinski definition) is 3. The molecule has 94 valence electrons. The molecule has 0 amide bonds. The largest absolute Gasteiger partial charge is 0.508 e. The Morgan fingerprint density at radius 2 is 2.12 bits per heavy atom. The van der Waals surface area contributed by atoms with Crippen molar-refractivity contribution in [2.24, 2.45) is 0 Å². The molecule has 17 heavy (non-hydrogen) atoms. The smallest absolute Gasteiger partial charge is 0.120 e. The molecule has 2 N–H and O–H groups in total. The summed E-state index contributed by atoms with van der Waals surface area (Å²) in [7, 11) is 0. The van der Waals surface area contributed by atoms with E-state index in [4.69, 9.17) is 0 Å². The summed E-state index contributed by atoms with van der Waals surface area (Å²) >= 11 is 3.48. The van der Waals surface area contributed by atoms with Crippen LogP contribution in [0.5, 0.6) is 5.75 Å². The second kappa shape index (κ2) is 5.85. The van der Waals surface area contributed by atoms with E-state index in [1.807, 2.05) is 12.1 Å². The molecule has 1 aromatic carbocycles. The number of piperazine rings is 1. The maximum Gasteiger partial charge on any atom is 0.120 e. The molecular formula is C13H19BrN2O. The van der Waals surface area contributed by atoms with Gasteiger partial charge in [0.25, 0.3) is 0 Å². The first-order valence-electron chi connectivity index (χ1n) is 6.15. The zero-order valence-corrected chi connectivity index (χ0v) is 11.7. The van der Waals surface area contributed by atoms with E-state index in [1.165, 1.54) is 0 Å². The van der Waals surface area contributed by atoms with Crippen molar-refractivity contribution >= 4 is 15.9 Å². The van der Waals surface area contributed by atoms with Crippen LogP contribution in [0.2, 0.25) is 0 Å². The van der Waals surface area contributed by atoms with Crippen molar-refractivity contribution in [1.82, 2.24) is 10.2 Å². The Morgan fingerprint density at radius 1 is 1.41 bits per heavy atom. The Morgan fingerprint density at radius 3 is 2.76 bits per heavy atom. The van der Waals surface area contributed by atoms with Crippen LogP contribution in [0.1, 0.15) is 24.9 Å². The molecule has 2 rings (SSSR count). The molecule has 1 aliphatic heterocycles. The van der Waals surface area contributed by atoms with E-state index in [2.05, 4.69) is 33.1 Å². The molecule has 0 bridgehead atoms. The first kappa shape index (κ1) is 12.9. The third-order valence-corrected chi connectivity index (χ3v) is 3.82. The number of phenolic OH excluding ortho intramolecular Hbond substituents is 1. The molecule has 0 unspecified atom stereocenters. The molecule has 0 spiro atoms. The Bertz CT molecular complexity index is 378. The summed E-state index contributed by atoms with van der Waals surface area (Å²) in [6, 6.07) is 5.99. The van der Waals surface area contributed by atoms with Crippen LogP contribution in [0.25, 0.3) is 0 Å². The van der Waals surface area contributed by atoms with Crippen molar-refractivity contribution in [3.63, 3.8) is 0 Å². The van der Waals surface area contributed by atoms with Crippen LogP contribution in [-0.4, -0.2) is 36.2 Å². The second-order valence-corrected chi connectivity index (χ2v) is 5.33. The maximum atomic E-state index is 10.0. The predicted molar refractivity (Wildman–Crippen MR) is 73.3 cm³/mol. The molecule has 1 atom stereocenters. The van der Waals surface area contributed by atoms with Gasteiger partial charge in [-0.15, -0.1) is 0 Å². The first-order chi connectivity index (χ1) is 8.22. The van der Waals surface area contributed by atoms with Gasteiger partial charge in [-0.05, 0) is 24.6 Å². The SMILES string of the molecule is CC[C@H](c1cc(Br)ccc1O)N1CCNCC1. The van der Waals surface area contributed by atoms with Crippen LogP contribution in [0.4, 0.5) is 0 Å². The molecule has 1 heterocycles. The molecule has 0 aromatic heterocycles. The lowest BCUT2D eigenvalue weighted by Gasteiger charge is -2.35. The van der Waals surface area contributed by atoms with Gasteiger partial charge >= 0.3 is 0 Å². The van der Waals surface area contributed by atoms with Crippen molar-refractivity contribution in [3.05, 3.63) is 28.2 Å². The summed E-state index contributed by atoms with van der Waals surface area (Å²) in [4.78, 5) is 2.44. The van der Waals surface area contributed by atoms with E-state index < -0.39 is 0 Å². The highest BCUT2D eigenvalue weighted by atomic mass is 79.9. The Kier molecular flexibility index (Phi) is 4.42. The van der Waals surface area contributed by atoms with Crippen molar-refractivity contribution in [2.75, 3.05) is 26.2 Å². The van der Waals surface area contributed by atoms with Gasteiger partial charge in [0, 0.05) is 42.3 Å². The summed E-state index contributed by atoms with van der Waals surface area (Å²) in [5.41, 5.74) is 1.03. The summed E-state index contributed by atoms with van der Waals surface area (Å²) in [6.45, 7) is 6.33. The van der Waals surface area contributed by atoms with Gasteiger partial charge in [0.05, 0.1) is 0 Å². The summed E-state index contributed by atoms with van der Waals surface area (Å²) in [6.07, 6.45) is 1.02. The number of nitrogens with zero attached hydrogens (tertiary/aromatic N) is 1. The van der Waals surface area contributed by atoms with Crippen LogP contribution in [-0.2, 0) is 0 Å². The third-order valence-electron chi connectivity index (χ3n) is 3.33. The monoisotopic (exact) mass is 298 g/mol. The summed E-state index contributed by atoms with van der Waals surface area (Å²) in [5, 5.41) is 13.4. The molecule has 3 nitrogen and oxygen atoms in total. The minimum atomic E-state index is 0.314. The van der Waals surface area contributed by atoms with Gasteiger partial charge in [-0.3, -0.25) is 4.90 Å². The Hall–Kier alpha value is -0.580. The summed E-state index contributed by atoms with van der Waals surface area (Å²) in [5.74, 6) is 0.401. The Balaban J connectivity index is 2.24. The molecular weight excluding hydrogens is 280 g/mol. The van der Waals surface area contributed by atoms with E-state index in [0.29, 0.717) is 11.8 Å². The molecule has 0 radical (unpaired) electrons. The fraction of sp³-hybridized carbons (Fsp3) is 0.538. The topological polar surface area (TPSA) is 35.5 Å². The van der Waals surface area contributed by atoms with E-state index in [0.717, 1.165) is 42.6 Å². The fourth-order valence-electron chi connectivity index (χ4n) is 2.46. The maximum absolute atomic E-state index is 10.0. The van der Waals surface area contributed by atoms with Gasteiger partial charge < -0.3 is 10.4 Å². The van der Waals surface area contributed by atoms with Crippen molar-refractivity contribution < 1.29 is 5.11 Å². The van der Waals surface area contributed by atoms with Gasteiger partial charge in [-0.1, -0.05) is 22.9 Å². The van der Waals surface area contributed by atoms with Crippen LogP contribution < -0.4 is 5.32 Å². The fourth-order valence-corrected chi connectivity index (χ4v) is 2.84. The summed E-state index contributed by atoms with van der Waals surface area (Å²) < 4.78 is 1.03. The lowest BCUT2D eigenvalue weighted by molar-refractivity contribution is 0.167. The molecule has 0 aliphatic carbocycles. The van der Waals surface area contributed by atoms with E-state index in [-0.39, 0.29) is 0 Å². The molecule has 0 saturated carbocycles. The van der Waals surface area contributed by atoms with Gasteiger partial charge in [0.2, 0.25) is 0 Å². The number of phenols is 1. The number of hydrogen-bond donors (Lipinski definition) is 2. The normalized spacial score (nSPS) is 19.2. The second-order valence-electron chi connectivity index (χ2n) is 4.41. The zero-order chi connectivity index (χ0) is 12.3. The Labute approximate surface area is 111 Å². The number of nitrogens with one attached hydrogen (secondary N) is 1. The molecule has 1 fully saturated rings. The highest BCUT2D eigenvalue weighted by Gasteiger charge is 2.22. The quantitative estimate of drug-likeness (QED) is 0.900. The first-order valence-corrected chi connectivity index (χ1v) is 6.95. The van der Waals surface area contributed by atoms with Gasteiger partial charge in [-0.25, -0.2) is 0 Å². The number of rotatable bonds is 3. The standard InChI is InChI=1S/C13H19BrN2O/c1-2-12(16-7-5-15-6-8-16)11-9-10(14)3-4-13(11)17/h3-4,9,12,15,17H,2,5-8H2,1H3/t12-/m1/s1. The molecule has 4 heteroatoms. The highest BCUT2D eigenvalue weighted by molar-refractivity contribution is 9.10. The van der Waals surface area contributed by atoms with Gasteiger partial charge in [0.1, 0.15) is 5.75 Å². The van der Waals surface area contributed by atoms with Crippen molar-refractivity contribution in [2.45, 2.75) is 19.4 Å². The van der Waals surface area contributed by atoms with Crippen LogP contribution in [0, 0.1) is 0 Å².